The summed E-state index contributed by atoms with van der Waals surface area (Å²) in [7, 11) is 4.24. The molecule has 2 rings (SSSR count). The third-order valence-corrected chi connectivity index (χ3v) is 3.62. The number of β-lactam (4-membered cyclic amide) rings is 1. The maximum absolute atomic E-state index is 12.1. The zero-order valence-corrected chi connectivity index (χ0v) is 12.9. The molecule has 122 valence electrons. The topological polar surface area (TPSA) is 114 Å². The first-order chi connectivity index (χ1) is 11.1. The van der Waals surface area contributed by atoms with Crippen molar-refractivity contribution in [3.05, 3.63) is 34.2 Å². The standard InChI is InChI=1S/C14H16N4O5/c1-21-9-5-4-8(10(6-9)22-2)7-18-12(14(20)23-3)11(13(18)19)16-17-15/h4-6,11-12H,7H2,1-3H3. The Morgan fingerprint density at radius 1 is 1.35 bits per heavy atom. The largest absolute Gasteiger partial charge is 0.497 e. The number of rotatable bonds is 6. The monoisotopic (exact) mass is 320 g/mol. The number of amides is 1. The van der Waals surface area contributed by atoms with Crippen molar-refractivity contribution in [2.75, 3.05) is 21.3 Å². The van der Waals surface area contributed by atoms with Gasteiger partial charge in [0, 0.05) is 16.5 Å². The second kappa shape index (κ2) is 6.89. The lowest BCUT2D eigenvalue weighted by Gasteiger charge is -2.43. The number of nitrogens with zero attached hydrogens (tertiary/aromatic N) is 4. The van der Waals surface area contributed by atoms with Crippen molar-refractivity contribution in [2.45, 2.75) is 18.6 Å². The molecule has 0 aromatic heterocycles. The van der Waals surface area contributed by atoms with Gasteiger partial charge in [-0.1, -0.05) is 5.11 Å². The summed E-state index contributed by atoms with van der Waals surface area (Å²) in [6.45, 7) is 0.128. The summed E-state index contributed by atoms with van der Waals surface area (Å²) in [5.41, 5.74) is 9.20. The zero-order valence-electron chi connectivity index (χ0n) is 12.9. The van der Waals surface area contributed by atoms with E-state index in [0.29, 0.717) is 17.1 Å². The van der Waals surface area contributed by atoms with Crippen LogP contribution < -0.4 is 9.47 Å². The predicted molar refractivity (Wildman–Crippen MR) is 78.8 cm³/mol. The Balaban J connectivity index is 2.26. The van der Waals surface area contributed by atoms with Gasteiger partial charge in [-0.3, -0.25) is 4.79 Å². The molecule has 9 heteroatoms. The van der Waals surface area contributed by atoms with E-state index in [1.807, 2.05) is 0 Å². The van der Waals surface area contributed by atoms with Crippen molar-refractivity contribution in [1.29, 1.82) is 0 Å². The van der Waals surface area contributed by atoms with E-state index in [1.165, 1.54) is 26.2 Å². The summed E-state index contributed by atoms with van der Waals surface area (Å²) >= 11 is 0. The van der Waals surface area contributed by atoms with Gasteiger partial charge in [0.05, 0.1) is 27.9 Å². The van der Waals surface area contributed by atoms with Gasteiger partial charge >= 0.3 is 5.97 Å². The third kappa shape index (κ3) is 3.00. The predicted octanol–water partition coefficient (Wildman–Crippen LogP) is 1.27. The van der Waals surface area contributed by atoms with Gasteiger partial charge in [0.1, 0.15) is 23.6 Å². The number of carbonyl (C=O) groups is 2. The second-order valence-electron chi connectivity index (χ2n) is 4.76. The first kappa shape index (κ1) is 16.4. The average Bonchev–Trinajstić information content (AvgIpc) is 2.59. The van der Waals surface area contributed by atoms with E-state index in [9.17, 15) is 9.59 Å². The third-order valence-electron chi connectivity index (χ3n) is 3.62. The molecular weight excluding hydrogens is 304 g/mol. The van der Waals surface area contributed by atoms with Crippen LogP contribution in [-0.4, -0.2) is 50.2 Å². The van der Waals surface area contributed by atoms with Crippen LogP contribution in [-0.2, 0) is 20.9 Å². The van der Waals surface area contributed by atoms with Crippen LogP contribution in [0.15, 0.2) is 23.3 Å². The minimum absolute atomic E-state index is 0.128. The molecule has 2 atom stereocenters. The number of likely N-dealkylation sites (tertiary alicyclic amines) is 1. The first-order valence-electron chi connectivity index (χ1n) is 6.70. The van der Waals surface area contributed by atoms with Gasteiger partial charge in [-0.25, -0.2) is 4.79 Å². The van der Waals surface area contributed by atoms with Crippen LogP contribution in [0.4, 0.5) is 0 Å². The fourth-order valence-electron chi connectivity index (χ4n) is 2.42. The van der Waals surface area contributed by atoms with E-state index >= 15 is 0 Å². The van der Waals surface area contributed by atoms with Crippen LogP contribution >= 0.6 is 0 Å². The zero-order chi connectivity index (χ0) is 17.0. The smallest absolute Gasteiger partial charge is 0.329 e. The molecule has 9 nitrogen and oxygen atoms in total. The summed E-state index contributed by atoms with van der Waals surface area (Å²) in [5.74, 6) is 0.0653. The maximum Gasteiger partial charge on any atom is 0.329 e. The van der Waals surface area contributed by atoms with Crippen LogP contribution in [0.1, 0.15) is 5.56 Å². The van der Waals surface area contributed by atoms with Crippen LogP contribution in [0, 0.1) is 0 Å². The lowest BCUT2D eigenvalue weighted by atomic mass is 9.94. The van der Waals surface area contributed by atoms with Gasteiger partial charge in [0.2, 0.25) is 5.91 Å². The quantitative estimate of drug-likeness (QED) is 0.257. The Labute approximate surface area is 132 Å². The highest BCUT2D eigenvalue weighted by Crippen LogP contribution is 2.31. The highest BCUT2D eigenvalue weighted by molar-refractivity contribution is 6.00. The molecule has 0 saturated carbocycles. The van der Waals surface area contributed by atoms with Crippen molar-refractivity contribution in [3.8, 4) is 11.5 Å². The summed E-state index contributed by atoms with van der Waals surface area (Å²) < 4.78 is 15.1. The Kier molecular flexibility index (Phi) is 4.92. The number of hydrogen-bond acceptors (Lipinski definition) is 6. The van der Waals surface area contributed by atoms with E-state index in [2.05, 4.69) is 14.8 Å². The molecule has 23 heavy (non-hydrogen) atoms. The number of hydrogen-bond donors (Lipinski definition) is 0. The Morgan fingerprint density at radius 2 is 2.09 bits per heavy atom. The lowest BCUT2D eigenvalue weighted by Crippen LogP contribution is -2.66. The Morgan fingerprint density at radius 3 is 2.65 bits per heavy atom. The summed E-state index contributed by atoms with van der Waals surface area (Å²) in [5, 5.41) is 3.36. The molecule has 1 aliphatic heterocycles. The number of esters is 1. The molecule has 0 aliphatic carbocycles. The molecule has 1 fully saturated rings. The highest BCUT2D eigenvalue weighted by atomic mass is 16.5. The second-order valence-corrected chi connectivity index (χ2v) is 4.76. The molecule has 0 N–H and O–H groups in total. The SMILES string of the molecule is COC(=O)C1C(N=[N+]=[N-])C(=O)N1Cc1ccc(OC)cc1OC. The number of carbonyl (C=O) groups excluding carboxylic acids is 2. The molecule has 0 bridgehead atoms. The maximum atomic E-state index is 12.1. The van der Waals surface area contributed by atoms with Crippen molar-refractivity contribution in [3.63, 3.8) is 0 Å². The van der Waals surface area contributed by atoms with Crippen LogP contribution in [0.5, 0.6) is 11.5 Å². The molecule has 0 spiro atoms. The molecule has 0 radical (unpaired) electrons. The molecule has 1 heterocycles. The van der Waals surface area contributed by atoms with Gasteiger partial charge in [-0.15, -0.1) is 0 Å². The van der Waals surface area contributed by atoms with Crippen molar-refractivity contribution < 1.29 is 23.8 Å². The molecule has 1 saturated heterocycles. The molecule has 1 aromatic rings. The van der Waals surface area contributed by atoms with Crippen LogP contribution in [0.25, 0.3) is 10.4 Å². The van der Waals surface area contributed by atoms with Crippen molar-refractivity contribution in [2.24, 2.45) is 5.11 Å². The summed E-state index contributed by atoms with van der Waals surface area (Å²) in [4.78, 5) is 27.8. The minimum Gasteiger partial charge on any atom is -0.497 e. The number of azide groups is 1. The van der Waals surface area contributed by atoms with Gasteiger partial charge in [0.15, 0.2) is 0 Å². The molecule has 1 aromatic carbocycles. The average molecular weight is 320 g/mol. The summed E-state index contributed by atoms with van der Waals surface area (Å²) in [6.07, 6.45) is 0. The first-order valence-corrected chi connectivity index (χ1v) is 6.70. The lowest BCUT2D eigenvalue weighted by molar-refractivity contribution is -0.167. The highest BCUT2D eigenvalue weighted by Gasteiger charge is 2.51. The Bertz CT molecular complexity index is 671. The molecule has 1 amide bonds. The van der Waals surface area contributed by atoms with Gasteiger partial charge in [-0.2, -0.15) is 0 Å². The van der Waals surface area contributed by atoms with E-state index < -0.39 is 24.0 Å². The van der Waals surface area contributed by atoms with E-state index in [4.69, 9.17) is 15.0 Å². The Hall–Kier alpha value is -2.93. The molecule has 2 unspecified atom stereocenters. The number of ether oxygens (including phenoxy) is 3. The molecule has 1 aliphatic rings. The van der Waals surface area contributed by atoms with E-state index in [1.54, 1.807) is 18.2 Å². The van der Waals surface area contributed by atoms with Gasteiger partial charge < -0.3 is 19.1 Å². The minimum atomic E-state index is -1.07. The van der Waals surface area contributed by atoms with Gasteiger partial charge in [-0.05, 0) is 17.7 Å². The van der Waals surface area contributed by atoms with E-state index in [0.717, 1.165) is 0 Å². The molecular formula is C14H16N4O5. The number of benzene rings is 1. The van der Waals surface area contributed by atoms with Gasteiger partial charge in [0.25, 0.3) is 0 Å². The van der Waals surface area contributed by atoms with E-state index in [-0.39, 0.29) is 6.54 Å². The number of methoxy groups -OCH3 is 3. The van der Waals surface area contributed by atoms with Crippen molar-refractivity contribution in [1.82, 2.24) is 4.90 Å². The fourth-order valence-corrected chi connectivity index (χ4v) is 2.42. The van der Waals surface area contributed by atoms with Crippen LogP contribution in [0.2, 0.25) is 0 Å². The fraction of sp³-hybridized carbons (Fsp3) is 0.429. The normalized spacial score (nSPS) is 19.4. The van der Waals surface area contributed by atoms with Crippen LogP contribution in [0.3, 0.4) is 0 Å². The van der Waals surface area contributed by atoms with Crippen molar-refractivity contribution >= 4 is 11.9 Å². The summed E-state index contributed by atoms with van der Waals surface area (Å²) in [6, 6.07) is 3.13.